The average molecular weight is 497 g/mol. The second kappa shape index (κ2) is 13.5. The topological polar surface area (TPSA) is 73.4 Å². The quantitative estimate of drug-likeness (QED) is 0.549. The molecule has 194 valence electrons. The van der Waals surface area contributed by atoms with E-state index < -0.39 is 10.0 Å². The fourth-order valence-corrected chi connectivity index (χ4v) is 6.61. The summed E-state index contributed by atoms with van der Waals surface area (Å²) in [5, 5.41) is 0. The Hall–Kier alpha value is -1.52. The maximum atomic E-state index is 12.5. The molecule has 2 heterocycles. The van der Waals surface area contributed by atoms with E-state index in [0.29, 0.717) is 18.0 Å². The summed E-state index contributed by atoms with van der Waals surface area (Å²) in [6.07, 6.45) is 3.14. The van der Waals surface area contributed by atoms with Crippen LogP contribution in [0.15, 0.2) is 17.0 Å². The van der Waals surface area contributed by atoms with Crippen molar-refractivity contribution in [2.45, 2.75) is 44.9 Å². The third-order valence-electron chi connectivity index (χ3n) is 6.34. The molecule has 1 aromatic carbocycles. The lowest BCUT2D eigenvalue weighted by molar-refractivity contribution is -0.136. The van der Waals surface area contributed by atoms with Crippen LogP contribution in [0.2, 0.25) is 0 Å². The Morgan fingerprint density at radius 1 is 0.971 bits per heavy atom. The zero-order valence-electron chi connectivity index (χ0n) is 22.0. The number of hydrogen-bond donors (Lipinski definition) is 0. The van der Waals surface area contributed by atoms with Gasteiger partial charge >= 0.3 is 0 Å². The van der Waals surface area contributed by atoms with Crippen LogP contribution in [0.1, 0.15) is 36.0 Å². The number of amides is 1. The largest absolute Gasteiger partial charge is 0.375 e. The smallest absolute Gasteiger partial charge is 0.248 e. The monoisotopic (exact) mass is 496 g/mol. The van der Waals surface area contributed by atoms with Crippen LogP contribution in [0.3, 0.4) is 0 Å². The van der Waals surface area contributed by atoms with Gasteiger partial charge in [-0.1, -0.05) is 17.7 Å². The van der Waals surface area contributed by atoms with Crippen LogP contribution < -0.4 is 0 Å². The molecular weight excluding hydrogens is 452 g/mol. The fraction of sp³-hybridized carbons (Fsp3) is 0.720. The van der Waals surface area contributed by atoms with Crippen molar-refractivity contribution >= 4 is 15.9 Å². The molecule has 2 aliphatic heterocycles. The van der Waals surface area contributed by atoms with E-state index in [1.165, 1.54) is 6.42 Å². The summed E-state index contributed by atoms with van der Waals surface area (Å²) >= 11 is 0. The number of benzene rings is 1. The lowest BCUT2D eigenvalue weighted by Crippen LogP contribution is -2.49. The maximum absolute atomic E-state index is 12.5. The summed E-state index contributed by atoms with van der Waals surface area (Å²) < 4.78 is 31.5. The Morgan fingerprint density at radius 3 is 2.03 bits per heavy atom. The van der Waals surface area contributed by atoms with Gasteiger partial charge in [0, 0.05) is 46.4 Å². The van der Waals surface area contributed by atoms with Crippen molar-refractivity contribution in [1.82, 2.24) is 19.0 Å². The Kier molecular flexibility index (Phi) is 11.4. The number of nitrogens with zero attached hydrogens (tertiary/aromatic N) is 4. The molecule has 0 radical (unpaired) electrons. The number of piperazine rings is 1. The lowest BCUT2D eigenvalue weighted by atomic mass is 10.1. The van der Waals surface area contributed by atoms with Gasteiger partial charge in [-0.15, -0.1) is 0 Å². The molecule has 0 saturated carbocycles. The minimum atomic E-state index is -3.28. The molecule has 8 nitrogen and oxygen atoms in total. The Morgan fingerprint density at radius 2 is 1.53 bits per heavy atom. The molecule has 0 unspecified atom stereocenters. The highest BCUT2D eigenvalue weighted by molar-refractivity contribution is 7.89. The first-order valence-corrected chi connectivity index (χ1v) is 13.7. The van der Waals surface area contributed by atoms with Crippen LogP contribution in [0.5, 0.6) is 0 Å². The second-order valence-electron chi connectivity index (χ2n) is 9.65. The summed E-state index contributed by atoms with van der Waals surface area (Å²) in [6.45, 7) is 13.2. The van der Waals surface area contributed by atoms with E-state index in [-0.39, 0.29) is 12.5 Å². The number of aryl methyl sites for hydroxylation is 3. The predicted molar refractivity (Wildman–Crippen MR) is 137 cm³/mol. The van der Waals surface area contributed by atoms with Gasteiger partial charge in [0.2, 0.25) is 15.9 Å². The SMILES string of the molecule is COCC(=O)N1CCN(CCCN(C)C)CC1.Cc1cc(C)c(S(=O)(=O)N2CCCC2)c(C)c1. The molecule has 0 N–H and O–H groups in total. The van der Waals surface area contributed by atoms with Crippen LogP contribution in [-0.4, -0.2) is 113 Å². The van der Waals surface area contributed by atoms with Crippen LogP contribution in [-0.2, 0) is 19.6 Å². The van der Waals surface area contributed by atoms with E-state index in [1.807, 2.05) is 37.8 Å². The molecule has 2 aliphatic rings. The fourth-order valence-electron chi connectivity index (χ4n) is 4.68. The zero-order chi connectivity index (χ0) is 25.3. The molecule has 34 heavy (non-hydrogen) atoms. The number of rotatable bonds is 8. The van der Waals surface area contributed by atoms with Crippen molar-refractivity contribution in [2.75, 3.05) is 80.2 Å². The zero-order valence-corrected chi connectivity index (χ0v) is 22.8. The third-order valence-corrected chi connectivity index (χ3v) is 8.54. The first kappa shape index (κ1) is 28.7. The van der Waals surface area contributed by atoms with Crippen molar-refractivity contribution in [3.8, 4) is 0 Å². The number of hydrogen-bond acceptors (Lipinski definition) is 6. The van der Waals surface area contributed by atoms with Crippen molar-refractivity contribution in [2.24, 2.45) is 0 Å². The molecule has 0 aliphatic carbocycles. The van der Waals surface area contributed by atoms with Crippen molar-refractivity contribution in [3.63, 3.8) is 0 Å². The standard InChI is InChI=1S/C13H19NO2S.C12H25N3O2/c1-10-8-11(2)13(12(3)9-10)17(15,16)14-6-4-5-7-14;1-13(2)5-4-6-14-7-9-15(10-8-14)12(16)11-17-3/h8-9H,4-7H2,1-3H3;4-11H2,1-3H3. The van der Waals surface area contributed by atoms with Gasteiger partial charge in [0.05, 0.1) is 4.90 Å². The Bertz CT molecular complexity index is 867. The van der Waals surface area contributed by atoms with E-state index >= 15 is 0 Å². The molecule has 3 rings (SSSR count). The van der Waals surface area contributed by atoms with E-state index in [0.717, 1.165) is 68.8 Å². The minimum Gasteiger partial charge on any atom is -0.375 e. The number of carbonyl (C=O) groups excluding carboxylic acids is 1. The van der Waals surface area contributed by atoms with Gasteiger partial charge in [-0.05, 0) is 78.3 Å². The van der Waals surface area contributed by atoms with E-state index in [2.05, 4.69) is 23.9 Å². The van der Waals surface area contributed by atoms with Gasteiger partial charge < -0.3 is 14.5 Å². The summed E-state index contributed by atoms with van der Waals surface area (Å²) in [5.41, 5.74) is 2.82. The average Bonchev–Trinajstić information content (AvgIpc) is 3.30. The lowest BCUT2D eigenvalue weighted by Gasteiger charge is -2.34. The summed E-state index contributed by atoms with van der Waals surface area (Å²) in [6, 6.07) is 3.88. The van der Waals surface area contributed by atoms with Crippen LogP contribution >= 0.6 is 0 Å². The summed E-state index contributed by atoms with van der Waals surface area (Å²) in [4.78, 5) is 18.6. The molecule has 1 amide bonds. The van der Waals surface area contributed by atoms with Gasteiger partial charge in [0.25, 0.3) is 0 Å². The molecule has 0 aromatic heterocycles. The van der Waals surface area contributed by atoms with E-state index in [1.54, 1.807) is 11.4 Å². The molecular formula is C25H44N4O4S. The van der Waals surface area contributed by atoms with Crippen molar-refractivity contribution < 1.29 is 17.9 Å². The van der Waals surface area contributed by atoms with Gasteiger partial charge in [0.1, 0.15) is 6.61 Å². The molecule has 2 saturated heterocycles. The minimum absolute atomic E-state index is 0.112. The summed E-state index contributed by atoms with van der Waals surface area (Å²) in [7, 11) is 2.48. The van der Waals surface area contributed by atoms with Gasteiger partial charge in [-0.2, -0.15) is 4.31 Å². The normalized spacial score (nSPS) is 17.7. The maximum Gasteiger partial charge on any atom is 0.248 e. The van der Waals surface area contributed by atoms with Crippen LogP contribution in [0, 0.1) is 20.8 Å². The number of carbonyl (C=O) groups is 1. The molecule has 0 spiro atoms. The van der Waals surface area contributed by atoms with Gasteiger partial charge in [-0.3, -0.25) is 9.69 Å². The van der Waals surface area contributed by atoms with Crippen molar-refractivity contribution in [1.29, 1.82) is 0 Å². The second-order valence-corrected chi connectivity index (χ2v) is 11.5. The third kappa shape index (κ3) is 8.30. The van der Waals surface area contributed by atoms with Gasteiger partial charge in [-0.25, -0.2) is 8.42 Å². The number of sulfonamides is 1. The molecule has 1 aromatic rings. The van der Waals surface area contributed by atoms with E-state index in [9.17, 15) is 13.2 Å². The predicted octanol–water partition coefficient (Wildman–Crippen LogP) is 2.13. The first-order chi connectivity index (χ1) is 16.1. The molecule has 0 bridgehead atoms. The van der Waals surface area contributed by atoms with Crippen molar-refractivity contribution in [3.05, 3.63) is 28.8 Å². The Balaban J connectivity index is 0.000000240. The molecule has 9 heteroatoms. The highest BCUT2D eigenvalue weighted by Gasteiger charge is 2.29. The Labute approximate surface area is 206 Å². The molecule has 2 fully saturated rings. The molecule has 0 atom stereocenters. The number of ether oxygens (including phenoxy) is 1. The first-order valence-electron chi connectivity index (χ1n) is 12.3. The van der Waals surface area contributed by atoms with Gasteiger partial charge in [0.15, 0.2) is 0 Å². The highest BCUT2D eigenvalue weighted by atomic mass is 32.2. The van der Waals surface area contributed by atoms with E-state index in [4.69, 9.17) is 4.74 Å². The summed E-state index contributed by atoms with van der Waals surface area (Å²) in [5.74, 6) is 0.112. The number of methoxy groups -OCH3 is 1. The van der Waals surface area contributed by atoms with Crippen LogP contribution in [0.4, 0.5) is 0 Å². The van der Waals surface area contributed by atoms with Crippen LogP contribution in [0.25, 0.3) is 0 Å². The highest BCUT2D eigenvalue weighted by Crippen LogP contribution is 2.27.